The molecular formula is C23H29N3O4. The second-order valence-electron chi connectivity index (χ2n) is 6.38. The molecule has 0 unspecified atom stereocenters. The standard InChI is InChI=1S/C23H29N3O4/c1-5-17-10-9-11-18(6-2)21(17)25-22(27)23(28)26-24-15-16-12-13-19(29-7-3)20(14-16)30-8-4/h9-15H,5-8H2,1-4H3,(H,25,27)(H,26,28)/b24-15-. The maximum absolute atomic E-state index is 12.3. The van der Waals surface area contributed by atoms with Crippen LogP contribution in [0.2, 0.25) is 0 Å². The number of carbonyl (C=O) groups excluding carboxylic acids is 2. The summed E-state index contributed by atoms with van der Waals surface area (Å²) in [5, 5.41) is 6.60. The number of nitrogens with one attached hydrogen (secondary N) is 2. The number of ether oxygens (including phenoxy) is 2. The monoisotopic (exact) mass is 411 g/mol. The number of aryl methyl sites for hydroxylation is 2. The average molecular weight is 412 g/mol. The normalized spacial score (nSPS) is 10.7. The second kappa shape index (κ2) is 11.6. The minimum Gasteiger partial charge on any atom is -0.490 e. The number of rotatable bonds is 9. The molecule has 0 radical (unpaired) electrons. The molecule has 0 atom stereocenters. The van der Waals surface area contributed by atoms with Gasteiger partial charge in [0.2, 0.25) is 0 Å². The molecule has 0 bridgehead atoms. The topological polar surface area (TPSA) is 89.0 Å². The van der Waals surface area contributed by atoms with Crippen molar-refractivity contribution in [3.05, 3.63) is 53.1 Å². The van der Waals surface area contributed by atoms with E-state index in [4.69, 9.17) is 9.47 Å². The highest BCUT2D eigenvalue weighted by atomic mass is 16.5. The molecule has 0 aliphatic rings. The number of benzene rings is 2. The van der Waals surface area contributed by atoms with Crippen LogP contribution in [0.1, 0.15) is 44.4 Å². The summed E-state index contributed by atoms with van der Waals surface area (Å²) in [6, 6.07) is 11.1. The SMILES string of the molecule is CCOc1ccc(/C=N\NC(=O)C(=O)Nc2c(CC)cccc2CC)cc1OCC. The molecule has 0 aromatic heterocycles. The quantitative estimate of drug-likeness (QED) is 0.374. The van der Waals surface area contributed by atoms with Crippen LogP contribution in [0.15, 0.2) is 41.5 Å². The van der Waals surface area contributed by atoms with Crippen LogP contribution in [-0.2, 0) is 22.4 Å². The van der Waals surface area contributed by atoms with Crippen molar-refractivity contribution in [1.82, 2.24) is 5.43 Å². The number of nitrogens with zero attached hydrogens (tertiary/aromatic N) is 1. The Balaban J connectivity index is 2.04. The fourth-order valence-corrected chi connectivity index (χ4v) is 2.94. The Hall–Kier alpha value is -3.35. The summed E-state index contributed by atoms with van der Waals surface area (Å²) >= 11 is 0. The average Bonchev–Trinajstić information content (AvgIpc) is 2.75. The highest BCUT2D eigenvalue weighted by Gasteiger charge is 2.16. The summed E-state index contributed by atoms with van der Waals surface area (Å²) < 4.78 is 11.1. The highest BCUT2D eigenvalue weighted by molar-refractivity contribution is 6.39. The smallest absolute Gasteiger partial charge is 0.329 e. The molecule has 0 aliphatic heterocycles. The number of hydrogen-bond acceptors (Lipinski definition) is 5. The van der Waals surface area contributed by atoms with Gasteiger partial charge in [-0.25, -0.2) is 5.43 Å². The van der Waals surface area contributed by atoms with Crippen molar-refractivity contribution in [3.63, 3.8) is 0 Å². The number of amides is 2. The van der Waals surface area contributed by atoms with Crippen molar-refractivity contribution >= 4 is 23.7 Å². The largest absolute Gasteiger partial charge is 0.490 e. The first-order valence-corrected chi connectivity index (χ1v) is 10.2. The van der Waals surface area contributed by atoms with Gasteiger partial charge in [0.1, 0.15) is 0 Å². The Morgan fingerprint density at radius 2 is 1.53 bits per heavy atom. The molecule has 0 saturated carbocycles. The third-order valence-corrected chi connectivity index (χ3v) is 4.39. The first kappa shape index (κ1) is 22.9. The van der Waals surface area contributed by atoms with Gasteiger partial charge >= 0.3 is 11.8 Å². The van der Waals surface area contributed by atoms with Gasteiger partial charge in [-0.15, -0.1) is 0 Å². The predicted octanol–water partition coefficient (Wildman–Crippen LogP) is 3.70. The molecule has 2 aromatic carbocycles. The van der Waals surface area contributed by atoms with Crippen LogP contribution >= 0.6 is 0 Å². The van der Waals surface area contributed by atoms with E-state index in [9.17, 15) is 9.59 Å². The van der Waals surface area contributed by atoms with E-state index < -0.39 is 11.8 Å². The van der Waals surface area contributed by atoms with Gasteiger partial charge in [-0.05, 0) is 61.6 Å². The minimum absolute atomic E-state index is 0.497. The van der Waals surface area contributed by atoms with E-state index in [2.05, 4.69) is 15.8 Å². The van der Waals surface area contributed by atoms with E-state index in [1.807, 2.05) is 45.9 Å². The van der Waals surface area contributed by atoms with Crippen molar-refractivity contribution in [2.45, 2.75) is 40.5 Å². The fourth-order valence-electron chi connectivity index (χ4n) is 2.94. The number of carbonyl (C=O) groups is 2. The van der Waals surface area contributed by atoms with Crippen LogP contribution in [-0.4, -0.2) is 31.2 Å². The summed E-state index contributed by atoms with van der Waals surface area (Å²) in [5.41, 5.74) is 5.63. The highest BCUT2D eigenvalue weighted by Crippen LogP contribution is 2.28. The lowest BCUT2D eigenvalue weighted by Crippen LogP contribution is -2.33. The van der Waals surface area contributed by atoms with Gasteiger partial charge in [-0.3, -0.25) is 9.59 Å². The summed E-state index contributed by atoms with van der Waals surface area (Å²) in [4.78, 5) is 24.5. The van der Waals surface area contributed by atoms with Crippen molar-refractivity contribution < 1.29 is 19.1 Å². The van der Waals surface area contributed by atoms with Gasteiger partial charge in [0.25, 0.3) is 0 Å². The van der Waals surface area contributed by atoms with Gasteiger partial charge < -0.3 is 14.8 Å². The Labute approximate surface area is 177 Å². The third-order valence-electron chi connectivity index (χ3n) is 4.39. The van der Waals surface area contributed by atoms with E-state index in [0.717, 1.165) is 24.0 Å². The molecule has 2 N–H and O–H groups in total. The Morgan fingerprint density at radius 3 is 2.13 bits per heavy atom. The Morgan fingerprint density at radius 1 is 0.900 bits per heavy atom. The number of anilines is 1. The lowest BCUT2D eigenvalue weighted by Gasteiger charge is -2.13. The molecular weight excluding hydrogens is 382 g/mol. The molecule has 2 aromatic rings. The zero-order chi connectivity index (χ0) is 21.9. The molecule has 0 saturated heterocycles. The van der Waals surface area contributed by atoms with Crippen molar-refractivity contribution in [1.29, 1.82) is 0 Å². The Bertz CT molecular complexity index is 887. The summed E-state index contributed by atoms with van der Waals surface area (Å²) in [6.07, 6.45) is 2.95. The second-order valence-corrected chi connectivity index (χ2v) is 6.38. The van der Waals surface area contributed by atoms with Crippen LogP contribution in [0, 0.1) is 0 Å². The van der Waals surface area contributed by atoms with E-state index >= 15 is 0 Å². The van der Waals surface area contributed by atoms with Crippen LogP contribution in [0.4, 0.5) is 5.69 Å². The predicted molar refractivity (Wildman–Crippen MR) is 118 cm³/mol. The first-order valence-electron chi connectivity index (χ1n) is 10.2. The number of hydrazone groups is 1. The zero-order valence-electron chi connectivity index (χ0n) is 18.0. The maximum Gasteiger partial charge on any atom is 0.329 e. The van der Waals surface area contributed by atoms with Gasteiger partial charge in [0, 0.05) is 5.69 Å². The van der Waals surface area contributed by atoms with Gasteiger partial charge in [-0.2, -0.15) is 5.10 Å². The molecule has 0 fully saturated rings. The van der Waals surface area contributed by atoms with E-state index in [1.165, 1.54) is 6.21 Å². The number of hydrogen-bond donors (Lipinski definition) is 2. The summed E-state index contributed by atoms with van der Waals surface area (Å²) in [7, 11) is 0. The zero-order valence-corrected chi connectivity index (χ0v) is 18.0. The van der Waals surface area contributed by atoms with Crippen LogP contribution in [0.25, 0.3) is 0 Å². The van der Waals surface area contributed by atoms with Crippen molar-refractivity contribution in [2.75, 3.05) is 18.5 Å². The molecule has 30 heavy (non-hydrogen) atoms. The van der Waals surface area contributed by atoms with Crippen LogP contribution in [0.3, 0.4) is 0 Å². The fraction of sp³-hybridized carbons (Fsp3) is 0.348. The van der Waals surface area contributed by atoms with Gasteiger partial charge in [0.05, 0.1) is 19.4 Å². The molecule has 7 nitrogen and oxygen atoms in total. The minimum atomic E-state index is -0.838. The third kappa shape index (κ3) is 6.07. The number of para-hydroxylation sites is 1. The van der Waals surface area contributed by atoms with Crippen LogP contribution < -0.4 is 20.2 Å². The molecule has 2 amide bonds. The van der Waals surface area contributed by atoms with E-state index in [0.29, 0.717) is 36.0 Å². The van der Waals surface area contributed by atoms with Crippen molar-refractivity contribution in [2.24, 2.45) is 5.10 Å². The lowest BCUT2D eigenvalue weighted by atomic mass is 10.0. The van der Waals surface area contributed by atoms with Crippen LogP contribution in [0.5, 0.6) is 11.5 Å². The Kier molecular flexibility index (Phi) is 8.87. The van der Waals surface area contributed by atoms with Gasteiger partial charge in [0.15, 0.2) is 11.5 Å². The van der Waals surface area contributed by atoms with E-state index in [1.54, 1.807) is 18.2 Å². The van der Waals surface area contributed by atoms with Crippen molar-refractivity contribution in [3.8, 4) is 11.5 Å². The molecule has 2 rings (SSSR count). The summed E-state index contributed by atoms with van der Waals surface area (Å²) in [5.74, 6) is -0.364. The maximum atomic E-state index is 12.3. The molecule has 7 heteroatoms. The van der Waals surface area contributed by atoms with E-state index in [-0.39, 0.29) is 0 Å². The summed E-state index contributed by atoms with van der Waals surface area (Å²) in [6.45, 7) is 8.81. The molecule has 0 aliphatic carbocycles. The first-order chi connectivity index (χ1) is 14.5. The molecule has 160 valence electrons. The lowest BCUT2D eigenvalue weighted by molar-refractivity contribution is -0.136. The molecule has 0 spiro atoms. The molecule has 0 heterocycles. The van der Waals surface area contributed by atoms with Gasteiger partial charge in [-0.1, -0.05) is 32.0 Å².